The smallest absolute Gasteiger partial charge is 0.356 e. The zero-order chi connectivity index (χ0) is 10.1. The van der Waals surface area contributed by atoms with Crippen LogP contribution >= 0.6 is 0 Å². The standard InChI is InChI=1S/C10H14N2O2/c1-12-6-11-8(10(13)14)9(12)7-4-2-3-5-7/h6-7H,2-5H2,1H3,(H,13,14). The molecule has 1 N–H and O–H groups in total. The van der Waals surface area contributed by atoms with E-state index in [1.165, 1.54) is 12.8 Å². The van der Waals surface area contributed by atoms with Crippen molar-refractivity contribution < 1.29 is 9.90 Å². The second-order valence-corrected chi connectivity index (χ2v) is 3.88. The molecular formula is C10H14N2O2. The largest absolute Gasteiger partial charge is 0.476 e. The van der Waals surface area contributed by atoms with Crippen molar-refractivity contribution in [2.75, 3.05) is 0 Å². The van der Waals surface area contributed by atoms with E-state index in [4.69, 9.17) is 5.11 Å². The average molecular weight is 194 g/mol. The maximum absolute atomic E-state index is 10.9. The zero-order valence-electron chi connectivity index (χ0n) is 8.23. The molecule has 1 aromatic heterocycles. The van der Waals surface area contributed by atoms with E-state index in [0.29, 0.717) is 5.92 Å². The van der Waals surface area contributed by atoms with Crippen molar-refractivity contribution in [2.24, 2.45) is 7.05 Å². The van der Waals surface area contributed by atoms with Gasteiger partial charge in [0.25, 0.3) is 0 Å². The molecular weight excluding hydrogens is 180 g/mol. The summed E-state index contributed by atoms with van der Waals surface area (Å²) in [5.41, 5.74) is 1.13. The molecule has 4 heteroatoms. The molecule has 14 heavy (non-hydrogen) atoms. The van der Waals surface area contributed by atoms with Crippen LogP contribution in [0.2, 0.25) is 0 Å². The fourth-order valence-corrected chi connectivity index (χ4v) is 2.29. The molecule has 1 fully saturated rings. The van der Waals surface area contributed by atoms with Gasteiger partial charge in [0.05, 0.1) is 12.0 Å². The van der Waals surface area contributed by atoms with Gasteiger partial charge in [0.15, 0.2) is 5.69 Å². The van der Waals surface area contributed by atoms with Crippen molar-refractivity contribution in [1.82, 2.24) is 9.55 Å². The molecule has 1 aromatic rings. The lowest BCUT2D eigenvalue weighted by Crippen LogP contribution is -2.08. The molecule has 0 aromatic carbocycles. The van der Waals surface area contributed by atoms with Crippen LogP contribution in [0.25, 0.3) is 0 Å². The fourth-order valence-electron chi connectivity index (χ4n) is 2.29. The van der Waals surface area contributed by atoms with Crippen LogP contribution in [-0.4, -0.2) is 20.6 Å². The molecule has 76 valence electrons. The lowest BCUT2D eigenvalue weighted by molar-refractivity contribution is 0.0689. The molecule has 0 bridgehead atoms. The first kappa shape index (κ1) is 9.24. The molecule has 2 rings (SSSR count). The number of aromatic nitrogens is 2. The van der Waals surface area contributed by atoms with E-state index in [-0.39, 0.29) is 5.69 Å². The Labute approximate surface area is 82.6 Å². The fraction of sp³-hybridized carbons (Fsp3) is 0.600. The second-order valence-electron chi connectivity index (χ2n) is 3.88. The van der Waals surface area contributed by atoms with Crippen LogP contribution in [0.1, 0.15) is 47.8 Å². The normalized spacial score (nSPS) is 17.5. The Balaban J connectivity index is 2.38. The Kier molecular flexibility index (Phi) is 2.27. The van der Waals surface area contributed by atoms with Crippen LogP contribution in [0.15, 0.2) is 6.33 Å². The highest BCUT2D eigenvalue weighted by Gasteiger charge is 2.26. The minimum absolute atomic E-state index is 0.236. The number of carboxylic acid groups (broad SMARTS) is 1. The number of aromatic carboxylic acids is 1. The highest BCUT2D eigenvalue weighted by atomic mass is 16.4. The van der Waals surface area contributed by atoms with E-state index in [9.17, 15) is 4.79 Å². The molecule has 0 atom stereocenters. The molecule has 0 aliphatic heterocycles. The van der Waals surface area contributed by atoms with Crippen LogP contribution in [-0.2, 0) is 7.05 Å². The van der Waals surface area contributed by atoms with Gasteiger partial charge >= 0.3 is 5.97 Å². The van der Waals surface area contributed by atoms with E-state index in [0.717, 1.165) is 18.5 Å². The first-order valence-electron chi connectivity index (χ1n) is 4.94. The minimum Gasteiger partial charge on any atom is -0.476 e. The zero-order valence-corrected chi connectivity index (χ0v) is 8.23. The van der Waals surface area contributed by atoms with Crippen molar-refractivity contribution in [3.8, 4) is 0 Å². The van der Waals surface area contributed by atoms with Gasteiger partial charge in [0, 0.05) is 13.0 Å². The monoisotopic (exact) mass is 194 g/mol. The van der Waals surface area contributed by atoms with Crippen molar-refractivity contribution in [1.29, 1.82) is 0 Å². The lowest BCUT2D eigenvalue weighted by Gasteiger charge is -2.10. The number of carbonyl (C=O) groups is 1. The molecule has 0 spiro atoms. The summed E-state index contributed by atoms with van der Waals surface area (Å²) in [5.74, 6) is -0.513. The van der Waals surface area contributed by atoms with Crippen LogP contribution < -0.4 is 0 Å². The summed E-state index contributed by atoms with van der Waals surface area (Å²) in [7, 11) is 1.87. The summed E-state index contributed by atoms with van der Waals surface area (Å²) in [6.45, 7) is 0. The third kappa shape index (κ3) is 1.41. The first-order chi connectivity index (χ1) is 6.70. The Morgan fingerprint density at radius 3 is 2.79 bits per heavy atom. The Morgan fingerprint density at radius 2 is 2.21 bits per heavy atom. The highest BCUT2D eigenvalue weighted by molar-refractivity contribution is 5.86. The highest BCUT2D eigenvalue weighted by Crippen LogP contribution is 2.35. The van der Waals surface area contributed by atoms with Crippen molar-refractivity contribution in [3.05, 3.63) is 17.7 Å². The summed E-state index contributed by atoms with van der Waals surface area (Å²) in [5, 5.41) is 8.96. The van der Waals surface area contributed by atoms with Gasteiger partial charge in [-0.1, -0.05) is 12.8 Å². The molecule has 0 amide bonds. The molecule has 0 radical (unpaired) electrons. The number of hydrogen-bond donors (Lipinski definition) is 1. The number of nitrogens with zero attached hydrogens (tertiary/aromatic N) is 2. The van der Waals surface area contributed by atoms with Gasteiger partial charge in [-0.2, -0.15) is 0 Å². The maximum atomic E-state index is 10.9. The summed E-state index contributed by atoms with van der Waals surface area (Å²) in [6, 6.07) is 0. The third-order valence-electron chi connectivity index (χ3n) is 2.93. The van der Waals surface area contributed by atoms with Gasteiger partial charge in [-0.3, -0.25) is 0 Å². The number of rotatable bonds is 2. The van der Waals surface area contributed by atoms with E-state index in [1.54, 1.807) is 6.33 Å². The Morgan fingerprint density at radius 1 is 1.57 bits per heavy atom. The molecule has 1 heterocycles. The number of imidazole rings is 1. The maximum Gasteiger partial charge on any atom is 0.356 e. The summed E-state index contributed by atoms with van der Waals surface area (Å²) < 4.78 is 1.85. The predicted molar refractivity (Wildman–Crippen MR) is 51.4 cm³/mol. The van der Waals surface area contributed by atoms with Gasteiger partial charge in [-0.15, -0.1) is 0 Å². The summed E-state index contributed by atoms with van der Waals surface area (Å²) >= 11 is 0. The average Bonchev–Trinajstić information content (AvgIpc) is 2.71. The second kappa shape index (κ2) is 3.44. The summed E-state index contributed by atoms with van der Waals surface area (Å²) in [4.78, 5) is 14.8. The van der Waals surface area contributed by atoms with Crippen LogP contribution in [0.4, 0.5) is 0 Å². The van der Waals surface area contributed by atoms with Gasteiger partial charge in [0.1, 0.15) is 0 Å². The SMILES string of the molecule is Cn1cnc(C(=O)O)c1C1CCCC1. The quantitative estimate of drug-likeness (QED) is 0.780. The van der Waals surface area contributed by atoms with Crippen molar-refractivity contribution >= 4 is 5.97 Å². The molecule has 0 unspecified atom stereocenters. The molecule has 1 aliphatic carbocycles. The van der Waals surface area contributed by atoms with E-state index in [1.807, 2.05) is 11.6 Å². The van der Waals surface area contributed by atoms with E-state index in [2.05, 4.69) is 4.98 Å². The van der Waals surface area contributed by atoms with Crippen molar-refractivity contribution in [3.63, 3.8) is 0 Å². The molecule has 4 nitrogen and oxygen atoms in total. The predicted octanol–water partition coefficient (Wildman–Crippen LogP) is 1.78. The first-order valence-corrected chi connectivity index (χ1v) is 4.94. The van der Waals surface area contributed by atoms with Crippen LogP contribution in [0, 0.1) is 0 Å². The molecule has 1 aliphatic rings. The van der Waals surface area contributed by atoms with Gasteiger partial charge < -0.3 is 9.67 Å². The summed E-state index contributed by atoms with van der Waals surface area (Å²) in [6.07, 6.45) is 6.19. The molecule has 0 saturated heterocycles. The van der Waals surface area contributed by atoms with Crippen LogP contribution in [0.3, 0.4) is 0 Å². The Hall–Kier alpha value is -1.32. The van der Waals surface area contributed by atoms with Crippen LogP contribution in [0.5, 0.6) is 0 Å². The molecule has 1 saturated carbocycles. The van der Waals surface area contributed by atoms with Crippen molar-refractivity contribution in [2.45, 2.75) is 31.6 Å². The third-order valence-corrected chi connectivity index (χ3v) is 2.93. The van der Waals surface area contributed by atoms with Gasteiger partial charge in [0.2, 0.25) is 0 Å². The van der Waals surface area contributed by atoms with Gasteiger partial charge in [-0.25, -0.2) is 9.78 Å². The lowest BCUT2D eigenvalue weighted by atomic mass is 10.0. The number of aryl methyl sites for hydroxylation is 1. The Bertz CT molecular complexity index is 351. The number of hydrogen-bond acceptors (Lipinski definition) is 2. The van der Waals surface area contributed by atoms with E-state index < -0.39 is 5.97 Å². The topological polar surface area (TPSA) is 55.1 Å². The van der Waals surface area contributed by atoms with E-state index >= 15 is 0 Å². The van der Waals surface area contributed by atoms with Gasteiger partial charge in [-0.05, 0) is 12.8 Å². The number of carboxylic acids is 1. The minimum atomic E-state index is -0.910.